The smallest absolute Gasteiger partial charge is 0.321 e. The Labute approximate surface area is 170 Å². The maximum atomic E-state index is 13.2. The summed E-state index contributed by atoms with van der Waals surface area (Å²) in [5, 5.41) is 1.97. The first-order valence-electron chi connectivity index (χ1n) is 10.0. The number of hydrogen-bond acceptors (Lipinski definition) is 5. The lowest BCUT2D eigenvalue weighted by molar-refractivity contribution is 0.0501. The zero-order valence-corrected chi connectivity index (χ0v) is 17.5. The van der Waals surface area contributed by atoms with Gasteiger partial charge in [-0.1, -0.05) is 0 Å². The Bertz CT molecular complexity index is 723. The molecule has 4 rings (SSSR count). The summed E-state index contributed by atoms with van der Waals surface area (Å²) in [5.74, 6) is 0.124. The van der Waals surface area contributed by atoms with E-state index in [1.807, 2.05) is 28.2 Å². The van der Waals surface area contributed by atoms with E-state index in [1.165, 1.54) is 11.3 Å². The fraction of sp³-hybridized carbons (Fsp3) is 0.700. The van der Waals surface area contributed by atoms with E-state index in [9.17, 15) is 9.59 Å². The minimum absolute atomic E-state index is 0.0985. The van der Waals surface area contributed by atoms with Crippen molar-refractivity contribution in [1.29, 1.82) is 0 Å². The predicted octanol–water partition coefficient (Wildman–Crippen LogP) is 2.20. The minimum atomic E-state index is -0.216. The average molecular weight is 408 g/mol. The van der Waals surface area contributed by atoms with Crippen LogP contribution in [0.3, 0.4) is 0 Å². The lowest BCUT2D eigenvalue weighted by Crippen LogP contribution is -2.56. The summed E-state index contributed by atoms with van der Waals surface area (Å²) < 4.78 is 10.9. The van der Waals surface area contributed by atoms with E-state index in [4.69, 9.17) is 9.47 Å². The van der Waals surface area contributed by atoms with Crippen molar-refractivity contribution in [2.75, 3.05) is 53.1 Å². The van der Waals surface area contributed by atoms with Gasteiger partial charge in [-0.25, -0.2) is 4.79 Å². The zero-order chi connectivity index (χ0) is 19.7. The van der Waals surface area contributed by atoms with Gasteiger partial charge in [-0.15, -0.1) is 11.3 Å². The summed E-state index contributed by atoms with van der Waals surface area (Å²) in [4.78, 5) is 32.8. The van der Waals surface area contributed by atoms with Gasteiger partial charge in [-0.2, -0.15) is 0 Å². The van der Waals surface area contributed by atoms with E-state index in [2.05, 4.69) is 4.90 Å². The molecule has 3 aliphatic rings. The number of thiophene rings is 1. The van der Waals surface area contributed by atoms with Crippen molar-refractivity contribution in [2.45, 2.75) is 37.8 Å². The first-order chi connectivity index (χ1) is 13.6. The Morgan fingerprint density at radius 2 is 2.18 bits per heavy atom. The molecule has 28 heavy (non-hydrogen) atoms. The number of ether oxygens (including phenoxy) is 2. The van der Waals surface area contributed by atoms with Crippen molar-refractivity contribution >= 4 is 23.3 Å². The number of urea groups is 1. The van der Waals surface area contributed by atoms with Gasteiger partial charge >= 0.3 is 6.03 Å². The van der Waals surface area contributed by atoms with Gasteiger partial charge in [-0.3, -0.25) is 4.79 Å². The Balaban J connectivity index is 1.44. The highest BCUT2D eigenvalue weighted by atomic mass is 32.1. The molecule has 3 fully saturated rings. The molecule has 7 nitrogen and oxygen atoms in total. The third-order valence-electron chi connectivity index (χ3n) is 6.29. The molecule has 1 unspecified atom stereocenters. The lowest BCUT2D eigenvalue weighted by atomic mass is 9.92. The van der Waals surface area contributed by atoms with E-state index in [1.54, 1.807) is 7.11 Å². The van der Waals surface area contributed by atoms with Crippen LogP contribution in [0.4, 0.5) is 4.79 Å². The summed E-state index contributed by atoms with van der Waals surface area (Å²) in [7, 11) is 1.66. The van der Waals surface area contributed by atoms with Crippen molar-refractivity contribution < 1.29 is 19.1 Å². The highest BCUT2D eigenvalue weighted by Crippen LogP contribution is 2.38. The number of rotatable bonds is 5. The van der Waals surface area contributed by atoms with Crippen LogP contribution in [0, 0.1) is 6.92 Å². The second-order valence-electron chi connectivity index (χ2n) is 8.05. The Morgan fingerprint density at radius 1 is 1.39 bits per heavy atom. The van der Waals surface area contributed by atoms with Crippen molar-refractivity contribution in [1.82, 2.24) is 14.7 Å². The highest BCUT2D eigenvalue weighted by molar-refractivity contribution is 7.12. The van der Waals surface area contributed by atoms with E-state index in [-0.39, 0.29) is 23.5 Å². The van der Waals surface area contributed by atoms with Crippen LogP contribution < -0.4 is 0 Å². The maximum absolute atomic E-state index is 13.2. The second-order valence-corrected chi connectivity index (χ2v) is 8.97. The number of piperidine rings is 1. The quantitative estimate of drug-likeness (QED) is 0.751. The summed E-state index contributed by atoms with van der Waals surface area (Å²) in [5.41, 5.74) is 0.828. The molecule has 0 aliphatic carbocycles. The standard InChI is InChI=1S/C20H29N3O4S/c1-15-5-12-28-17(15)18(24)21-7-3-16(4-8-21)23-19(25)22(9-11-26-2)13-20(23)6-10-27-14-20/h5,12,16H,3-4,6-11,13-14H2,1-2H3. The normalized spacial score (nSPS) is 26.1. The summed E-state index contributed by atoms with van der Waals surface area (Å²) >= 11 is 1.51. The number of methoxy groups -OCH3 is 1. The third kappa shape index (κ3) is 3.42. The number of likely N-dealkylation sites (tertiary alicyclic amines) is 1. The molecule has 1 aromatic rings. The van der Waals surface area contributed by atoms with Crippen LogP contribution in [0.25, 0.3) is 0 Å². The fourth-order valence-electron chi connectivity index (χ4n) is 4.75. The molecular formula is C20H29N3O4S. The van der Waals surface area contributed by atoms with Crippen LogP contribution in [-0.4, -0.2) is 91.3 Å². The van der Waals surface area contributed by atoms with E-state index < -0.39 is 0 Å². The first-order valence-corrected chi connectivity index (χ1v) is 10.9. The lowest BCUT2D eigenvalue weighted by Gasteiger charge is -2.42. The molecule has 1 atom stereocenters. The van der Waals surface area contributed by atoms with Crippen molar-refractivity contribution in [2.24, 2.45) is 0 Å². The van der Waals surface area contributed by atoms with Gasteiger partial charge in [0, 0.05) is 45.9 Å². The number of carbonyl (C=O) groups excluding carboxylic acids is 2. The number of carbonyl (C=O) groups is 2. The Kier molecular flexibility index (Phi) is 5.62. The molecule has 0 saturated carbocycles. The van der Waals surface area contributed by atoms with Crippen LogP contribution >= 0.6 is 11.3 Å². The number of aryl methyl sites for hydroxylation is 1. The van der Waals surface area contributed by atoms with Crippen LogP contribution in [-0.2, 0) is 9.47 Å². The van der Waals surface area contributed by atoms with Gasteiger partial charge in [0.1, 0.15) is 0 Å². The van der Waals surface area contributed by atoms with E-state index in [0.29, 0.717) is 46.0 Å². The molecule has 4 heterocycles. The van der Waals surface area contributed by atoms with Gasteiger partial charge in [-0.05, 0) is 43.2 Å². The van der Waals surface area contributed by atoms with Crippen molar-refractivity contribution in [3.8, 4) is 0 Å². The highest BCUT2D eigenvalue weighted by Gasteiger charge is 2.54. The largest absolute Gasteiger partial charge is 0.383 e. The maximum Gasteiger partial charge on any atom is 0.321 e. The van der Waals surface area contributed by atoms with Crippen LogP contribution in [0.15, 0.2) is 11.4 Å². The number of nitrogens with zero attached hydrogens (tertiary/aromatic N) is 3. The fourth-order valence-corrected chi connectivity index (χ4v) is 5.64. The molecule has 3 saturated heterocycles. The molecular weight excluding hydrogens is 378 g/mol. The SMILES string of the molecule is COCCN1CC2(CCOC2)N(C2CCN(C(=O)c3sccc3C)CC2)C1=O. The van der Waals surface area contributed by atoms with Gasteiger partial charge < -0.3 is 24.2 Å². The van der Waals surface area contributed by atoms with Gasteiger partial charge in [0.2, 0.25) is 0 Å². The first kappa shape index (κ1) is 19.7. The molecule has 3 amide bonds. The van der Waals surface area contributed by atoms with Crippen molar-refractivity contribution in [3.05, 3.63) is 21.9 Å². The molecule has 154 valence electrons. The molecule has 8 heteroatoms. The van der Waals surface area contributed by atoms with Crippen LogP contribution in [0.1, 0.15) is 34.5 Å². The van der Waals surface area contributed by atoms with E-state index >= 15 is 0 Å². The third-order valence-corrected chi connectivity index (χ3v) is 7.30. The zero-order valence-electron chi connectivity index (χ0n) is 16.7. The van der Waals surface area contributed by atoms with Crippen molar-refractivity contribution in [3.63, 3.8) is 0 Å². The molecule has 0 bridgehead atoms. The molecule has 0 aromatic carbocycles. The average Bonchev–Trinajstić information content (AvgIpc) is 3.40. The van der Waals surface area contributed by atoms with Crippen LogP contribution in [0.5, 0.6) is 0 Å². The Morgan fingerprint density at radius 3 is 2.79 bits per heavy atom. The molecule has 0 radical (unpaired) electrons. The van der Waals surface area contributed by atoms with Crippen LogP contribution in [0.2, 0.25) is 0 Å². The van der Waals surface area contributed by atoms with Gasteiger partial charge in [0.25, 0.3) is 5.91 Å². The number of amides is 3. The molecule has 0 N–H and O–H groups in total. The molecule has 1 spiro atoms. The van der Waals surface area contributed by atoms with Gasteiger partial charge in [0.15, 0.2) is 0 Å². The monoisotopic (exact) mass is 407 g/mol. The number of hydrogen-bond donors (Lipinski definition) is 0. The Hall–Kier alpha value is -1.64. The summed E-state index contributed by atoms with van der Waals surface area (Å²) in [6.45, 7) is 6.55. The van der Waals surface area contributed by atoms with E-state index in [0.717, 1.165) is 29.7 Å². The predicted molar refractivity (Wildman–Crippen MR) is 107 cm³/mol. The minimum Gasteiger partial charge on any atom is -0.383 e. The summed E-state index contributed by atoms with van der Waals surface area (Å²) in [6, 6.07) is 2.25. The molecule has 3 aliphatic heterocycles. The van der Waals surface area contributed by atoms with Gasteiger partial charge in [0.05, 0.1) is 23.6 Å². The topological polar surface area (TPSA) is 62.3 Å². The molecule has 1 aromatic heterocycles. The second kappa shape index (κ2) is 8.00. The summed E-state index contributed by atoms with van der Waals surface area (Å²) in [6.07, 6.45) is 2.53.